The molecule has 1 heterocycles. The number of nitrogens with zero attached hydrogens (tertiary/aromatic N) is 3. The second-order valence-electron chi connectivity index (χ2n) is 9.18. The molecule has 1 aliphatic rings. The van der Waals surface area contributed by atoms with Gasteiger partial charge in [-0.2, -0.15) is 4.31 Å². The molecule has 1 amide bonds. The topological polar surface area (TPSA) is 79.4 Å². The Labute approximate surface area is 225 Å². The van der Waals surface area contributed by atoms with Gasteiger partial charge in [-0.25, -0.2) is 8.42 Å². The molecule has 0 N–H and O–H groups in total. The molecule has 4 rings (SSSR count). The van der Waals surface area contributed by atoms with Crippen molar-refractivity contribution in [1.82, 2.24) is 9.21 Å². The van der Waals surface area contributed by atoms with Crippen molar-refractivity contribution in [3.05, 3.63) is 83.9 Å². The largest absolute Gasteiger partial charge is 0.497 e. The summed E-state index contributed by atoms with van der Waals surface area (Å²) in [6.45, 7) is 6.45. The zero-order valence-electron chi connectivity index (χ0n) is 22.2. The van der Waals surface area contributed by atoms with E-state index in [1.165, 1.54) is 4.31 Å². The number of hydrogen-bond donors (Lipinski definition) is 0. The first kappa shape index (κ1) is 27.5. The first-order chi connectivity index (χ1) is 18.3. The Morgan fingerprint density at radius 3 is 2.24 bits per heavy atom. The second kappa shape index (κ2) is 12.3. The molecule has 202 valence electrons. The van der Waals surface area contributed by atoms with Crippen molar-refractivity contribution in [2.45, 2.75) is 25.3 Å². The van der Waals surface area contributed by atoms with Crippen molar-refractivity contribution in [1.29, 1.82) is 0 Å². The van der Waals surface area contributed by atoms with Crippen LogP contribution in [-0.4, -0.2) is 70.0 Å². The fraction of sp³-hybridized carbons (Fsp3) is 0.345. The normalized spacial score (nSPS) is 14.0. The van der Waals surface area contributed by atoms with Gasteiger partial charge in [0.25, 0.3) is 0 Å². The summed E-state index contributed by atoms with van der Waals surface area (Å²) in [4.78, 5) is 17.5. The van der Waals surface area contributed by atoms with Crippen LogP contribution in [0, 0.1) is 6.92 Å². The van der Waals surface area contributed by atoms with Crippen molar-refractivity contribution in [2.24, 2.45) is 0 Å². The van der Waals surface area contributed by atoms with Gasteiger partial charge in [-0.15, -0.1) is 0 Å². The van der Waals surface area contributed by atoms with E-state index in [0.29, 0.717) is 38.5 Å². The van der Waals surface area contributed by atoms with E-state index < -0.39 is 10.0 Å². The maximum absolute atomic E-state index is 13.8. The van der Waals surface area contributed by atoms with Gasteiger partial charge in [0.05, 0.1) is 25.2 Å². The second-order valence-corrected chi connectivity index (χ2v) is 11.1. The molecule has 38 heavy (non-hydrogen) atoms. The quantitative estimate of drug-likeness (QED) is 0.390. The van der Waals surface area contributed by atoms with Gasteiger partial charge in [0.15, 0.2) is 0 Å². The van der Waals surface area contributed by atoms with Crippen LogP contribution in [0.2, 0.25) is 0 Å². The zero-order chi connectivity index (χ0) is 27.1. The molecule has 0 spiro atoms. The molecule has 0 aromatic heterocycles. The van der Waals surface area contributed by atoms with Crippen LogP contribution in [-0.2, 0) is 21.4 Å². The number of aryl methyl sites for hydroxylation is 1. The van der Waals surface area contributed by atoms with Crippen molar-refractivity contribution in [3.8, 4) is 11.5 Å². The number of carbonyl (C=O) groups is 1. The molecule has 1 aliphatic heterocycles. The Morgan fingerprint density at radius 2 is 1.63 bits per heavy atom. The lowest BCUT2D eigenvalue weighted by Crippen LogP contribution is -2.51. The summed E-state index contributed by atoms with van der Waals surface area (Å²) in [5.74, 6) is 1.23. The molecule has 0 bridgehead atoms. The molecular weight excluding hydrogens is 502 g/mol. The summed E-state index contributed by atoms with van der Waals surface area (Å²) >= 11 is 0. The van der Waals surface area contributed by atoms with Gasteiger partial charge < -0.3 is 19.3 Å². The van der Waals surface area contributed by atoms with Crippen LogP contribution < -0.4 is 14.4 Å². The number of amides is 1. The highest BCUT2D eigenvalue weighted by molar-refractivity contribution is 7.89. The number of sulfonamides is 1. The van der Waals surface area contributed by atoms with E-state index in [1.807, 2.05) is 68.4 Å². The van der Waals surface area contributed by atoms with E-state index >= 15 is 0 Å². The summed E-state index contributed by atoms with van der Waals surface area (Å²) < 4.78 is 39.6. The molecule has 1 saturated heterocycles. The van der Waals surface area contributed by atoms with Crippen molar-refractivity contribution < 1.29 is 22.7 Å². The Kier molecular flexibility index (Phi) is 8.91. The number of carbonyl (C=O) groups excluding carboxylic acids is 1. The Bertz CT molecular complexity index is 1320. The lowest BCUT2D eigenvalue weighted by Gasteiger charge is -2.37. The van der Waals surface area contributed by atoms with E-state index in [4.69, 9.17) is 9.47 Å². The minimum Gasteiger partial charge on any atom is -0.497 e. The van der Waals surface area contributed by atoms with E-state index in [0.717, 1.165) is 22.6 Å². The molecular formula is C29H35N3O5S. The van der Waals surface area contributed by atoms with Gasteiger partial charge in [-0.3, -0.25) is 4.79 Å². The standard InChI is InChI=1S/C29H35N3O5S/c1-4-37-28-15-14-27(20-23(28)2)38(34,35)32(21-24-8-6-5-7-9-24)22-29(33)31-18-16-30(17-19-31)25-10-12-26(36-3)13-11-25/h5-15,20H,4,16-19,21-22H2,1-3H3. The van der Waals surface area contributed by atoms with Gasteiger partial charge in [-0.1, -0.05) is 30.3 Å². The predicted molar refractivity (Wildman–Crippen MR) is 148 cm³/mol. The highest BCUT2D eigenvalue weighted by atomic mass is 32.2. The molecule has 0 atom stereocenters. The Morgan fingerprint density at radius 1 is 0.947 bits per heavy atom. The van der Waals surface area contributed by atoms with Gasteiger partial charge in [0.2, 0.25) is 15.9 Å². The smallest absolute Gasteiger partial charge is 0.243 e. The first-order valence-electron chi connectivity index (χ1n) is 12.8. The number of piperazine rings is 1. The van der Waals surface area contributed by atoms with Crippen LogP contribution in [0.15, 0.2) is 77.7 Å². The van der Waals surface area contributed by atoms with Gasteiger partial charge >= 0.3 is 0 Å². The number of rotatable bonds is 10. The van der Waals surface area contributed by atoms with Gasteiger partial charge in [-0.05, 0) is 67.4 Å². The monoisotopic (exact) mass is 537 g/mol. The zero-order valence-corrected chi connectivity index (χ0v) is 23.0. The first-order valence-corrected chi connectivity index (χ1v) is 14.2. The van der Waals surface area contributed by atoms with Gasteiger partial charge in [0.1, 0.15) is 11.5 Å². The molecule has 8 nitrogen and oxygen atoms in total. The fourth-order valence-corrected chi connectivity index (χ4v) is 5.98. The average molecular weight is 538 g/mol. The van der Waals surface area contributed by atoms with Crippen LogP contribution in [0.5, 0.6) is 11.5 Å². The highest BCUT2D eigenvalue weighted by Crippen LogP contribution is 2.26. The third kappa shape index (κ3) is 6.46. The number of benzene rings is 3. The molecule has 9 heteroatoms. The summed E-state index contributed by atoms with van der Waals surface area (Å²) in [7, 11) is -2.30. The van der Waals surface area contributed by atoms with Crippen LogP contribution in [0.3, 0.4) is 0 Å². The van der Waals surface area contributed by atoms with Crippen LogP contribution in [0.25, 0.3) is 0 Å². The molecule has 0 saturated carbocycles. The van der Waals surface area contributed by atoms with Crippen LogP contribution in [0.1, 0.15) is 18.1 Å². The highest BCUT2D eigenvalue weighted by Gasteiger charge is 2.30. The third-order valence-corrected chi connectivity index (χ3v) is 8.46. The minimum absolute atomic E-state index is 0.104. The SMILES string of the molecule is CCOc1ccc(S(=O)(=O)N(CC(=O)N2CCN(c3ccc(OC)cc3)CC2)Cc2ccccc2)cc1C. The molecule has 0 aliphatic carbocycles. The summed E-state index contributed by atoms with van der Waals surface area (Å²) in [5.41, 5.74) is 2.61. The van der Waals surface area contributed by atoms with Gasteiger partial charge in [0, 0.05) is 38.4 Å². The van der Waals surface area contributed by atoms with Crippen molar-refractivity contribution in [2.75, 3.05) is 51.3 Å². The lowest BCUT2D eigenvalue weighted by molar-refractivity contribution is -0.131. The van der Waals surface area contributed by atoms with E-state index in [-0.39, 0.29) is 23.9 Å². The maximum Gasteiger partial charge on any atom is 0.243 e. The third-order valence-electron chi connectivity index (χ3n) is 6.67. The number of hydrogen-bond acceptors (Lipinski definition) is 6. The van der Waals surface area contributed by atoms with Crippen molar-refractivity contribution >= 4 is 21.6 Å². The molecule has 0 radical (unpaired) electrons. The van der Waals surface area contributed by atoms with E-state index in [2.05, 4.69) is 4.90 Å². The molecule has 3 aromatic rings. The fourth-order valence-electron chi connectivity index (χ4n) is 4.52. The number of anilines is 1. The molecule has 3 aromatic carbocycles. The average Bonchev–Trinajstić information content (AvgIpc) is 2.94. The molecule has 0 unspecified atom stereocenters. The number of methoxy groups -OCH3 is 1. The van der Waals surface area contributed by atoms with Crippen molar-refractivity contribution in [3.63, 3.8) is 0 Å². The molecule has 1 fully saturated rings. The summed E-state index contributed by atoms with van der Waals surface area (Å²) in [6.07, 6.45) is 0. The maximum atomic E-state index is 13.8. The predicted octanol–water partition coefficient (Wildman–Crippen LogP) is 3.94. The Hall–Kier alpha value is -3.56. The van der Waals surface area contributed by atoms with Crippen LogP contribution >= 0.6 is 0 Å². The number of ether oxygens (including phenoxy) is 2. The lowest BCUT2D eigenvalue weighted by atomic mass is 10.2. The summed E-state index contributed by atoms with van der Waals surface area (Å²) in [6, 6.07) is 22.0. The van der Waals surface area contributed by atoms with E-state index in [9.17, 15) is 13.2 Å². The van der Waals surface area contributed by atoms with E-state index in [1.54, 1.807) is 30.2 Å². The minimum atomic E-state index is -3.94. The Balaban J connectivity index is 1.49. The summed E-state index contributed by atoms with van der Waals surface area (Å²) in [5, 5.41) is 0. The van der Waals surface area contributed by atoms with Crippen LogP contribution in [0.4, 0.5) is 5.69 Å².